The lowest BCUT2D eigenvalue weighted by molar-refractivity contribution is 0.146. The lowest BCUT2D eigenvalue weighted by Gasteiger charge is -2.34. The molecule has 1 saturated heterocycles. The van der Waals surface area contributed by atoms with Crippen LogP contribution >= 0.6 is 0 Å². The molecule has 0 saturated carbocycles. The molecule has 1 unspecified atom stereocenters. The van der Waals surface area contributed by atoms with E-state index in [9.17, 15) is 4.79 Å². The minimum absolute atomic E-state index is 0.0251. The van der Waals surface area contributed by atoms with E-state index in [1.165, 1.54) is 24.0 Å². The van der Waals surface area contributed by atoms with E-state index in [4.69, 9.17) is 4.74 Å². The van der Waals surface area contributed by atoms with Gasteiger partial charge in [0, 0.05) is 33.2 Å². The molecule has 5 nitrogen and oxygen atoms in total. The number of amides is 2. The molecule has 2 amide bonds. The summed E-state index contributed by atoms with van der Waals surface area (Å²) in [5.41, 5.74) is 2.51. The second-order valence-corrected chi connectivity index (χ2v) is 8.22. The third kappa shape index (κ3) is 6.77. The van der Waals surface area contributed by atoms with Crippen LogP contribution in [-0.4, -0.2) is 62.7 Å². The van der Waals surface area contributed by atoms with Gasteiger partial charge in [0.2, 0.25) is 0 Å². The standard InChI is InChI=1S/C25H35N3O2/c1-27(25(29)26-16-14-21-9-4-3-5-10-21)19-22-11-8-17-28(20-22)18-15-23-12-6-7-13-24(23)30-2/h3-7,9-10,12-13,22H,8,11,14-20H2,1-2H3,(H,26,29). The molecule has 3 rings (SSSR count). The summed E-state index contributed by atoms with van der Waals surface area (Å²) in [6.45, 7) is 4.70. The molecular formula is C25H35N3O2. The number of hydrogen-bond donors (Lipinski definition) is 1. The SMILES string of the molecule is COc1ccccc1CCN1CCCC(CN(C)C(=O)NCCc2ccccc2)C1. The Hall–Kier alpha value is -2.53. The van der Waals surface area contributed by atoms with Gasteiger partial charge in [-0.1, -0.05) is 48.5 Å². The first kappa shape index (κ1) is 22.2. The maximum absolute atomic E-state index is 12.5. The summed E-state index contributed by atoms with van der Waals surface area (Å²) in [4.78, 5) is 16.8. The van der Waals surface area contributed by atoms with Gasteiger partial charge >= 0.3 is 6.03 Å². The number of likely N-dealkylation sites (tertiary alicyclic amines) is 1. The van der Waals surface area contributed by atoms with Gasteiger partial charge in [-0.15, -0.1) is 0 Å². The molecule has 0 aromatic heterocycles. The molecule has 0 radical (unpaired) electrons. The van der Waals surface area contributed by atoms with Gasteiger partial charge in [0.25, 0.3) is 0 Å². The normalized spacial score (nSPS) is 16.8. The predicted molar refractivity (Wildman–Crippen MR) is 122 cm³/mol. The third-order valence-electron chi connectivity index (χ3n) is 5.90. The highest BCUT2D eigenvalue weighted by atomic mass is 16.5. The lowest BCUT2D eigenvalue weighted by atomic mass is 9.97. The first-order valence-electron chi connectivity index (χ1n) is 11.0. The molecule has 30 heavy (non-hydrogen) atoms. The zero-order chi connectivity index (χ0) is 21.2. The van der Waals surface area contributed by atoms with Crippen LogP contribution in [0.3, 0.4) is 0 Å². The van der Waals surface area contributed by atoms with Crippen LogP contribution in [0.25, 0.3) is 0 Å². The van der Waals surface area contributed by atoms with Crippen molar-refractivity contribution >= 4 is 6.03 Å². The Kier molecular flexibility index (Phi) is 8.57. The van der Waals surface area contributed by atoms with Crippen molar-refractivity contribution in [2.24, 2.45) is 5.92 Å². The van der Waals surface area contributed by atoms with Crippen molar-refractivity contribution in [3.05, 3.63) is 65.7 Å². The molecule has 162 valence electrons. The number of nitrogens with zero attached hydrogens (tertiary/aromatic N) is 2. The van der Waals surface area contributed by atoms with Gasteiger partial charge in [-0.2, -0.15) is 0 Å². The molecule has 2 aromatic carbocycles. The van der Waals surface area contributed by atoms with Crippen LogP contribution in [-0.2, 0) is 12.8 Å². The summed E-state index contributed by atoms with van der Waals surface area (Å²) in [6, 6.07) is 18.6. The van der Waals surface area contributed by atoms with Crippen molar-refractivity contribution in [3.8, 4) is 5.75 Å². The summed E-state index contributed by atoms with van der Waals surface area (Å²) in [5.74, 6) is 1.50. The number of rotatable bonds is 9. The fraction of sp³-hybridized carbons (Fsp3) is 0.480. The second kappa shape index (κ2) is 11.6. The summed E-state index contributed by atoms with van der Waals surface area (Å²) in [5, 5.41) is 3.05. The molecule has 0 aliphatic carbocycles. The van der Waals surface area contributed by atoms with E-state index in [1.54, 1.807) is 7.11 Å². The van der Waals surface area contributed by atoms with Crippen LogP contribution in [0.1, 0.15) is 24.0 Å². The Balaban J connectivity index is 1.39. The molecule has 1 aliphatic rings. The van der Waals surface area contributed by atoms with E-state index in [-0.39, 0.29) is 6.03 Å². The minimum Gasteiger partial charge on any atom is -0.496 e. The van der Waals surface area contributed by atoms with Crippen LogP contribution in [0.5, 0.6) is 5.75 Å². The van der Waals surface area contributed by atoms with Crippen LogP contribution in [0, 0.1) is 5.92 Å². The zero-order valence-electron chi connectivity index (χ0n) is 18.3. The first-order chi connectivity index (χ1) is 14.7. The number of hydrogen-bond acceptors (Lipinski definition) is 3. The van der Waals surface area contributed by atoms with Gasteiger partial charge in [-0.3, -0.25) is 0 Å². The first-order valence-corrected chi connectivity index (χ1v) is 11.0. The maximum atomic E-state index is 12.5. The fourth-order valence-electron chi connectivity index (χ4n) is 4.26. The van der Waals surface area contributed by atoms with Crippen molar-refractivity contribution in [2.75, 3.05) is 46.9 Å². The highest BCUT2D eigenvalue weighted by Crippen LogP contribution is 2.21. The molecule has 1 aliphatic heterocycles. The number of urea groups is 1. The van der Waals surface area contributed by atoms with Crippen molar-refractivity contribution in [1.82, 2.24) is 15.1 Å². The molecule has 5 heteroatoms. The maximum Gasteiger partial charge on any atom is 0.317 e. The van der Waals surface area contributed by atoms with E-state index >= 15 is 0 Å². The Bertz CT molecular complexity index is 781. The van der Waals surface area contributed by atoms with E-state index in [0.29, 0.717) is 12.5 Å². The third-order valence-corrected chi connectivity index (χ3v) is 5.90. The number of para-hydroxylation sites is 1. The topological polar surface area (TPSA) is 44.8 Å². The van der Waals surface area contributed by atoms with E-state index in [0.717, 1.165) is 44.8 Å². The fourth-order valence-corrected chi connectivity index (χ4v) is 4.26. The monoisotopic (exact) mass is 409 g/mol. The van der Waals surface area contributed by atoms with Crippen LogP contribution in [0.4, 0.5) is 4.79 Å². The Morgan fingerprint density at radius 3 is 2.70 bits per heavy atom. The molecule has 1 heterocycles. The van der Waals surface area contributed by atoms with Crippen molar-refractivity contribution < 1.29 is 9.53 Å². The number of carbonyl (C=O) groups excluding carboxylic acids is 1. The molecule has 2 aromatic rings. The predicted octanol–water partition coefficient (Wildman–Crippen LogP) is 3.83. The minimum atomic E-state index is 0.0251. The van der Waals surface area contributed by atoms with Gasteiger partial charge in [0.1, 0.15) is 5.75 Å². The van der Waals surface area contributed by atoms with Gasteiger partial charge in [-0.05, 0) is 55.3 Å². The van der Waals surface area contributed by atoms with Gasteiger partial charge < -0.3 is 19.9 Å². The summed E-state index contributed by atoms with van der Waals surface area (Å²) >= 11 is 0. The Morgan fingerprint density at radius 1 is 1.13 bits per heavy atom. The number of benzene rings is 2. The summed E-state index contributed by atoms with van der Waals surface area (Å²) < 4.78 is 5.48. The zero-order valence-corrected chi connectivity index (χ0v) is 18.3. The smallest absolute Gasteiger partial charge is 0.317 e. The molecule has 0 spiro atoms. The molecule has 0 bridgehead atoms. The molecule has 1 N–H and O–H groups in total. The van der Waals surface area contributed by atoms with E-state index < -0.39 is 0 Å². The summed E-state index contributed by atoms with van der Waals surface area (Å²) in [7, 11) is 3.64. The number of methoxy groups -OCH3 is 1. The molecular weight excluding hydrogens is 374 g/mol. The Morgan fingerprint density at radius 2 is 1.90 bits per heavy atom. The number of piperidine rings is 1. The average Bonchev–Trinajstić information content (AvgIpc) is 2.78. The highest BCUT2D eigenvalue weighted by molar-refractivity contribution is 5.73. The number of carbonyl (C=O) groups is 1. The van der Waals surface area contributed by atoms with Crippen LogP contribution in [0.2, 0.25) is 0 Å². The molecule has 1 atom stereocenters. The Labute approximate surface area is 181 Å². The van der Waals surface area contributed by atoms with Crippen molar-refractivity contribution in [2.45, 2.75) is 25.7 Å². The van der Waals surface area contributed by atoms with Gasteiger partial charge in [0.15, 0.2) is 0 Å². The second-order valence-electron chi connectivity index (χ2n) is 8.22. The van der Waals surface area contributed by atoms with E-state index in [2.05, 4.69) is 34.5 Å². The van der Waals surface area contributed by atoms with Crippen molar-refractivity contribution in [1.29, 1.82) is 0 Å². The van der Waals surface area contributed by atoms with Crippen LogP contribution < -0.4 is 10.1 Å². The highest BCUT2D eigenvalue weighted by Gasteiger charge is 2.22. The summed E-state index contributed by atoms with van der Waals surface area (Å²) in [6.07, 6.45) is 4.24. The lowest BCUT2D eigenvalue weighted by Crippen LogP contribution is -2.45. The quantitative estimate of drug-likeness (QED) is 0.685. The van der Waals surface area contributed by atoms with E-state index in [1.807, 2.05) is 42.3 Å². The molecule has 1 fully saturated rings. The van der Waals surface area contributed by atoms with Gasteiger partial charge in [0.05, 0.1) is 7.11 Å². The van der Waals surface area contributed by atoms with Crippen LogP contribution in [0.15, 0.2) is 54.6 Å². The van der Waals surface area contributed by atoms with Gasteiger partial charge in [-0.25, -0.2) is 4.79 Å². The average molecular weight is 410 g/mol. The number of nitrogens with one attached hydrogen (secondary N) is 1. The largest absolute Gasteiger partial charge is 0.496 e. The van der Waals surface area contributed by atoms with Crippen molar-refractivity contribution in [3.63, 3.8) is 0 Å². The number of ether oxygens (including phenoxy) is 1.